The largest absolute Gasteiger partial charge is 0.438 e. The number of hydrogen-bond acceptors (Lipinski definition) is 4. The van der Waals surface area contributed by atoms with Crippen LogP contribution in [0.5, 0.6) is 11.6 Å². The van der Waals surface area contributed by atoms with E-state index in [0.29, 0.717) is 5.69 Å². The van der Waals surface area contributed by atoms with Crippen LogP contribution in [0, 0.1) is 18.3 Å². The molecular formula is C14H10F3N3O. The van der Waals surface area contributed by atoms with Crippen molar-refractivity contribution < 1.29 is 17.9 Å². The number of nitrogens with two attached hydrogens (primary N) is 1. The Morgan fingerprint density at radius 3 is 2.57 bits per heavy atom. The molecule has 0 atom stereocenters. The highest BCUT2D eigenvalue weighted by atomic mass is 19.4. The van der Waals surface area contributed by atoms with Gasteiger partial charge in [-0.05, 0) is 31.2 Å². The third-order valence-electron chi connectivity index (χ3n) is 2.58. The molecule has 0 amide bonds. The minimum Gasteiger partial charge on any atom is -0.438 e. The van der Waals surface area contributed by atoms with Crippen LogP contribution in [-0.4, -0.2) is 4.98 Å². The Kier molecular flexibility index (Phi) is 3.72. The maximum Gasteiger partial charge on any atom is 0.420 e. The fourth-order valence-corrected chi connectivity index (χ4v) is 1.73. The molecule has 7 heteroatoms. The number of alkyl halides is 3. The molecular weight excluding hydrogens is 283 g/mol. The van der Waals surface area contributed by atoms with E-state index in [-0.39, 0.29) is 17.1 Å². The summed E-state index contributed by atoms with van der Waals surface area (Å²) in [5, 5.41) is 8.84. The molecule has 0 aliphatic carbocycles. The summed E-state index contributed by atoms with van der Waals surface area (Å²) in [6, 6.07) is 7.86. The molecule has 0 fully saturated rings. The van der Waals surface area contributed by atoms with E-state index in [1.165, 1.54) is 18.2 Å². The van der Waals surface area contributed by atoms with Crippen LogP contribution in [0.1, 0.15) is 16.8 Å². The number of ether oxygens (including phenoxy) is 1. The topological polar surface area (TPSA) is 71.9 Å². The predicted octanol–water partition coefficient (Wildman–Crippen LogP) is 3.66. The smallest absolute Gasteiger partial charge is 0.420 e. The van der Waals surface area contributed by atoms with Gasteiger partial charge in [0.15, 0.2) is 0 Å². The first kappa shape index (κ1) is 14.7. The summed E-state index contributed by atoms with van der Waals surface area (Å²) >= 11 is 0. The number of halogens is 3. The van der Waals surface area contributed by atoms with Gasteiger partial charge < -0.3 is 10.5 Å². The van der Waals surface area contributed by atoms with Gasteiger partial charge in [0, 0.05) is 17.4 Å². The second-order valence-corrected chi connectivity index (χ2v) is 4.30. The lowest BCUT2D eigenvalue weighted by Crippen LogP contribution is -2.08. The second kappa shape index (κ2) is 5.32. The molecule has 0 aliphatic heterocycles. The molecule has 1 heterocycles. The summed E-state index contributed by atoms with van der Waals surface area (Å²) < 4.78 is 44.0. The summed E-state index contributed by atoms with van der Waals surface area (Å²) in [7, 11) is 0. The van der Waals surface area contributed by atoms with Crippen molar-refractivity contribution in [1.82, 2.24) is 4.98 Å². The molecule has 1 aromatic carbocycles. The molecule has 0 unspecified atom stereocenters. The SMILES string of the molecule is Cc1cc(C#N)cc(Oc2ccc(N)cc2C(F)(F)F)n1. The number of hydrogen-bond donors (Lipinski definition) is 1. The molecule has 4 nitrogen and oxygen atoms in total. The van der Waals surface area contributed by atoms with Gasteiger partial charge in [-0.2, -0.15) is 18.4 Å². The monoisotopic (exact) mass is 293 g/mol. The van der Waals surface area contributed by atoms with Crippen LogP contribution in [0.25, 0.3) is 0 Å². The van der Waals surface area contributed by atoms with Crippen LogP contribution in [-0.2, 0) is 6.18 Å². The maximum absolute atomic E-state index is 12.9. The van der Waals surface area contributed by atoms with Crippen LogP contribution in [0.2, 0.25) is 0 Å². The Morgan fingerprint density at radius 2 is 1.95 bits per heavy atom. The number of aryl methyl sites for hydroxylation is 1. The van der Waals surface area contributed by atoms with E-state index < -0.39 is 17.5 Å². The van der Waals surface area contributed by atoms with E-state index in [2.05, 4.69) is 4.98 Å². The lowest BCUT2D eigenvalue weighted by molar-refractivity contribution is -0.138. The fourth-order valence-electron chi connectivity index (χ4n) is 1.73. The molecule has 108 valence electrons. The summed E-state index contributed by atoms with van der Waals surface area (Å²) in [6.45, 7) is 1.61. The number of nitrogens with zero attached hydrogens (tertiary/aromatic N) is 2. The maximum atomic E-state index is 12.9. The first-order valence-electron chi connectivity index (χ1n) is 5.83. The van der Waals surface area contributed by atoms with Crippen LogP contribution >= 0.6 is 0 Å². The van der Waals surface area contributed by atoms with Crippen LogP contribution in [0.3, 0.4) is 0 Å². The molecule has 0 radical (unpaired) electrons. The van der Waals surface area contributed by atoms with E-state index in [4.69, 9.17) is 15.7 Å². The molecule has 0 bridgehead atoms. The van der Waals surface area contributed by atoms with E-state index >= 15 is 0 Å². The molecule has 0 spiro atoms. The molecule has 2 aromatic rings. The Hall–Kier alpha value is -2.75. The van der Waals surface area contributed by atoms with Crippen molar-refractivity contribution in [1.29, 1.82) is 5.26 Å². The van der Waals surface area contributed by atoms with Crippen molar-refractivity contribution in [3.8, 4) is 17.7 Å². The molecule has 0 saturated heterocycles. The summed E-state index contributed by atoms with van der Waals surface area (Å²) in [6.07, 6.45) is -4.60. The van der Waals surface area contributed by atoms with Crippen molar-refractivity contribution in [3.63, 3.8) is 0 Å². The fraction of sp³-hybridized carbons (Fsp3) is 0.143. The highest BCUT2D eigenvalue weighted by molar-refractivity contribution is 5.50. The number of rotatable bonds is 2. The molecule has 1 aromatic heterocycles. The van der Waals surface area contributed by atoms with E-state index in [9.17, 15) is 13.2 Å². The molecule has 21 heavy (non-hydrogen) atoms. The van der Waals surface area contributed by atoms with Gasteiger partial charge in [0.1, 0.15) is 11.3 Å². The minimum atomic E-state index is -4.60. The van der Waals surface area contributed by atoms with Gasteiger partial charge in [0.2, 0.25) is 5.88 Å². The Balaban J connectivity index is 2.45. The summed E-state index contributed by atoms with van der Waals surface area (Å²) in [4.78, 5) is 3.95. The average Bonchev–Trinajstić information content (AvgIpc) is 2.39. The van der Waals surface area contributed by atoms with Gasteiger partial charge in [-0.3, -0.25) is 0 Å². The van der Waals surface area contributed by atoms with Crippen molar-refractivity contribution in [3.05, 3.63) is 47.2 Å². The average molecular weight is 293 g/mol. The highest BCUT2D eigenvalue weighted by Gasteiger charge is 2.35. The lowest BCUT2D eigenvalue weighted by atomic mass is 10.1. The van der Waals surface area contributed by atoms with Crippen molar-refractivity contribution in [2.75, 3.05) is 5.73 Å². The number of benzene rings is 1. The van der Waals surface area contributed by atoms with Gasteiger partial charge in [0.25, 0.3) is 0 Å². The zero-order valence-corrected chi connectivity index (χ0v) is 10.9. The molecule has 2 rings (SSSR count). The third kappa shape index (κ3) is 3.42. The summed E-state index contributed by atoms with van der Waals surface area (Å²) in [5.41, 5.74) is 5.07. The highest BCUT2D eigenvalue weighted by Crippen LogP contribution is 2.39. The van der Waals surface area contributed by atoms with Gasteiger partial charge >= 0.3 is 6.18 Å². The van der Waals surface area contributed by atoms with Gasteiger partial charge in [-0.1, -0.05) is 0 Å². The Labute approximate surface area is 118 Å². The van der Waals surface area contributed by atoms with Crippen molar-refractivity contribution >= 4 is 5.69 Å². The zero-order chi connectivity index (χ0) is 15.6. The number of nitriles is 1. The van der Waals surface area contributed by atoms with Crippen molar-refractivity contribution in [2.45, 2.75) is 13.1 Å². The normalized spacial score (nSPS) is 11.0. The molecule has 0 saturated carbocycles. The summed E-state index contributed by atoms with van der Waals surface area (Å²) in [5.74, 6) is -0.500. The van der Waals surface area contributed by atoms with Crippen LogP contribution in [0.15, 0.2) is 30.3 Å². The van der Waals surface area contributed by atoms with Gasteiger partial charge in [-0.25, -0.2) is 4.98 Å². The quantitative estimate of drug-likeness (QED) is 0.858. The predicted molar refractivity (Wildman–Crippen MR) is 69.6 cm³/mol. The first-order chi connectivity index (χ1) is 9.79. The van der Waals surface area contributed by atoms with E-state index in [0.717, 1.165) is 12.1 Å². The number of pyridine rings is 1. The van der Waals surface area contributed by atoms with Crippen LogP contribution < -0.4 is 10.5 Å². The first-order valence-corrected chi connectivity index (χ1v) is 5.83. The lowest BCUT2D eigenvalue weighted by Gasteiger charge is -2.14. The minimum absolute atomic E-state index is 0.0235. The van der Waals surface area contributed by atoms with Gasteiger partial charge in [0.05, 0.1) is 11.6 Å². The number of nitrogen functional groups attached to an aromatic ring is 1. The second-order valence-electron chi connectivity index (χ2n) is 4.30. The molecule has 0 aliphatic rings. The Morgan fingerprint density at radius 1 is 1.24 bits per heavy atom. The third-order valence-corrected chi connectivity index (χ3v) is 2.58. The number of aromatic nitrogens is 1. The number of anilines is 1. The zero-order valence-electron chi connectivity index (χ0n) is 10.9. The Bertz CT molecular complexity index is 720. The standard InChI is InChI=1S/C14H10F3N3O/c1-8-4-9(7-18)5-13(20-8)21-12-3-2-10(19)6-11(12)14(15,16)17/h2-6H,19H2,1H3. The van der Waals surface area contributed by atoms with Gasteiger partial charge in [-0.15, -0.1) is 0 Å². The van der Waals surface area contributed by atoms with E-state index in [1.807, 2.05) is 6.07 Å². The van der Waals surface area contributed by atoms with E-state index in [1.54, 1.807) is 6.92 Å². The van der Waals surface area contributed by atoms with Crippen LogP contribution in [0.4, 0.5) is 18.9 Å². The molecule has 2 N–H and O–H groups in total. The van der Waals surface area contributed by atoms with Crippen molar-refractivity contribution in [2.24, 2.45) is 0 Å².